The molecule has 10 heteroatoms. The minimum Gasteiger partial charge on any atom is -0.492 e. The lowest BCUT2D eigenvalue weighted by Gasteiger charge is -2.20. The van der Waals surface area contributed by atoms with Gasteiger partial charge in [0.1, 0.15) is 18.1 Å². The zero-order valence-electron chi connectivity index (χ0n) is 27.3. The van der Waals surface area contributed by atoms with Crippen molar-refractivity contribution >= 4 is 33.2 Å². The van der Waals surface area contributed by atoms with Gasteiger partial charge in [-0.25, -0.2) is 18.1 Å². The molecule has 2 aromatic carbocycles. The van der Waals surface area contributed by atoms with Gasteiger partial charge in [0, 0.05) is 40.7 Å². The summed E-state index contributed by atoms with van der Waals surface area (Å²) in [7, 11) is -3.73. The van der Waals surface area contributed by atoms with Crippen molar-refractivity contribution in [1.82, 2.24) is 19.6 Å². The maximum absolute atomic E-state index is 12.8. The van der Waals surface area contributed by atoms with E-state index in [-0.39, 0.29) is 29.4 Å². The third-order valence-electron chi connectivity index (χ3n) is 5.07. The molecule has 198 valence electrons. The zero-order chi connectivity index (χ0) is 31.8. The quantitative estimate of drug-likeness (QED) is 0.342. The predicted molar refractivity (Wildman–Crippen MR) is 147 cm³/mol. The van der Waals surface area contributed by atoms with Gasteiger partial charge < -0.3 is 15.4 Å². The lowest BCUT2D eigenvalue weighted by Crippen LogP contribution is -2.40. The van der Waals surface area contributed by atoms with Gasteiger partial charge >= 0.3 is 0 Å². The third-order valence-corrected chi connectivity index (χ3v) is 6.83. The molecule has 0 amide bonds. The molecular weight excluding hydrogens is 488 g/mol. The normalized spacial score (nSPS) is 20.0. The molecule has 0 radical (unpaired) electrons. The van der Waals surface area contributed by atoms with Crippen LogP contribution in [-0.4, -0.2) is 54.9 Å². The van der Waals surface area contributed by atoms with Crippen LogP contribution < -0.4 is 20.1 Å². The molecule has 0 atom stereocenters. The first-order valence-corrected chi connectivity index (χ1v) is 13.3. The molecular formula is C27H36N6O3S. The van der Waals surface area contributed by atoms with Gasteiger partial charge in [-0.1, -0.05) is 6.07 Å². The average Bonchev–Trinajstić information content (AvgIpc) is 3.08. The van der Waals surface area contributed by atoms with Crippen molar-refractivity contribution < 1.29 is 21.4 Å². The minimum atomic E-state index is -3.73. The van der Waals surface area contributed by atoms with Crippen LogP contribution in [0.4, 0.5) is 23.1 Å². The number of benzene rings is 2. The summed E-state index contributed by atoms with van der Waals surface area (Å²) in [6.07, 6.45) is 1.55. The second-order valence-corrected chi connectivity index (χ2v) is 11.2. The Balaban J connectivity index is 1.43. The van der Waals surface area contributed by atoms with Crippen LogP contribution in [0.25, 0.3) is 0 Å². The average molecular weight is 531 g/mol. The molecule has 3 N–H and O–H groups in total. The van der Waals surface area contributed by atoms with E-state index in [0.29, 0.717) is 17.2 Å². The van der Waals surface area contributed by atoms with Crippen LogP contribution in [-0.2, 0) is 10.0 Å². The first-order chi connectivity index (χ1) is 19.7. The minimum absolute atomic E-state index is 0.0298. The lowest BCUT2D eigenvalue weighted by atomic mass is 10.1. The molecule has 3 aromatic rings. The van der Waals surface area contributed by atoms with Gasteiger partial charge in [-0.05, 0) is 96.0 Å². The maximum Gasteiger partial charge on any atom is 0.241 e. The van der Waals surface area contributed by atoms with E-state index in [0.717, 1.165) is 10.5 Å². The molecule has 0 unspecified atom stereocenters. The number of likely N-dealkylation sites (tertiary alicyclic amines) is 1. The number of rotatable bonds is 10. The Bertz CT molecular complexity index is 1550. The lowest BCUT2D eigenvalue weighted by molar-refractivity contribution is 0.238. The number of anilines is 4. The summed E-state index contributed by atoms with van der Waals surface area (Å²) in [6, 6.07) is 12.7. The van der Waals surface area contributed by atoms with Crippen molar-refractivity contribution in [2.75, 3.05) is 36.7 Å². The van der Waals surface area contributed by atoms with Gasteiger partial charge in [0.2, 0.25) is 16.0 Å². The molecule has 37 heavy (non-hydrogen) atoms. The van der Waals surface area contributed by atoms with Crippen molar-refractivity contribution in [2.24, 2.45) is 0 Å². The number of sulfonamides is 1. The number of hydrogen-bond acceptors (Lipinski definition) is 8. The molecule has 1 aromatic heterocycles. The van der Waals surface area contributed by atoms with Gasteiger partial charge in [0.05, 0.1) is 7.64 Å². The number of hydrogen-bond donors (Lipinski definition) is 3. The summed E-state index contributed by atoms with van der Waals surface area (Å²) in [5.41, 5.74) is 1.20. The number of nitrogens with zero attached hydrogens (tertiary/aromatic N) is 3. The van der Waals surface area contributed by atoms with Crippen LogP contribution in [0.1, 0.15) is 47.4 Å². The first kappa shape index (κ1) is 19.8. The van der Waals surface area contributed by atoms with E-state index in [1.165, 1.54) is 24.3 Å². The SMILES string of the molecule is [2H]C([2H])(CN1C([2H])([2H])CCC1([2H])[2H])Oc1ccc(Nc2ncc(C)c(Nc3cccc(S(=O)(=O)NC(C)(C)C)c3)n2)cc1. The maximum atomic E-state index is 12.8. The Morgan fingerprint density at radius 1 is 1.08 bits per heavy atom. The van der Waals surface area contributed by atoms with Gasteiger partial charge in [-0.2, -0.15) is 4.98 Å². The second kappa shape index (κ2) is 11.5. The van der Waals surface area contributed by atoms with Crippen LogP contribution in [0.15, 0.2) is 59.6 Å². The molecule has 9 nitrogen and oxygen atoms in total. The van der Waals surface area contributed by atoms with Gasteiger partial charge in [-0.3, -0.25) is 4.90 Å². The zero-order valence-corrected chi connectivity index (χ0v) is 22.1. The van der Waals surface area contributed by atoms with E-state index in [9.17, 15) is 8.42 Å². The second-order valence-electron chi connectivity index (χ2n) is 9.53. The van der Waals surface area contributed by atoms with E-state index < -0.39 is 41.7 Å². The number of nitrogens with one attached hydrogen (secondary N) is 3. The van der Waals surface area contributed by atoms with E-state index in [1.807, 2.05) is 6.92 Å². The van der Waals surface area contributed by atoms with Gasteiger partial charge in [-0.15, -0.1) is 0 Å². The fourth-order valence-corrected chi connectivity index (χ4v) is 4.90. The molecule has 1 aliphatic rings. The summed E-state index contributed by atoms with van der Waals surface area (Å²) >= 11 is 0. The molecule has 1 aliphatic heterocycles. The van der Waals surface area contributed by atoms with E-state index >= 15 is 0 Å². The van der Waals surface area contributed by atoms with Crippen LogP contribution in [0.5, 0.6) is 5.75 Å². The Morgan fingerprint density at radius 3 is 2.51 bits per heavy atom. The highest BCUT2D eigenvalue weighted by Crippen LogP contribution is 2.24. The molecule has 4 rings (SSSR count). The third kappa shape index (κ3) is 7.88. The summed E-state index contributed by atoms with van der Waals surface area (Å²) in [5.74, 6) is 0.901. The van der Waals surface area contributed by atoms with Crippen molar-refractivity contribution in [3.05, 3.63) is 60.3 Å². The Hall–Kier alpha value is -3.21. The predicted octanol–water partition coefficient (Wildman–Crippen LogP) is 4.82. The number of ether oxygens (including phenoxy) is 1. The topological polar surface area (TPSA) is 108 Å². The Kier molecular flexibility index (Phi) is 6.14. The number of aromatic nitrogens is 2. The summed E-state index contributed by atoms with van der Waals surface area (Å²) in [4.78, 5) is 9.80. The first-order valence-electron chi connectivity index (χ1n) is 14.8. The number of aryl methyl sites for hydroxylation is 1. The molecule has 2 heterocycles. The molecule has 1 saturated heterocycles. The molecule has 0 spiro atoms. The highest BCUT2D eigenvalue weighted by molar-refractivity contribution is 7.89. The fraction of sp³-hybridized carbons (Fsp3) is 0.407. The van der Waals surface area contributed by atoms with E-state index in [2.05, 4.69) is 25.3 Å². The molecule has 1 fully saturated rings. The van der Waals surface area contributed by atoms with Crippen LogP contribution >= 0.6 is 0 Å². The van der Waals surface area contributed by atoms with Gasteiger partial charge in [0.15, 0.2) is 0 Å². The molecule has 0 bridgehead atoms. The van der Waals surface area contributed by atoms with E-state index in [4.69, 9.17) is 13.0 Å². The van der Waals surface area contributed by atoms with Crippen molar-refractivity contribution in [3.8, 4) is 5.75 Å². The largest absolute Gasteiger partial charge is 0.492 e. The van der Waals surface area contributed by atoms with Crippen LogP contribution in [0.2, 0.25) is 0 Å². The highest BCUT2D eigenvalue weighted by atomic mass is 32.2. The van der Waals surface area contributed by atoms with Crippen LogP contribution in [0, 0.1) is 6.92 Å². The van der Waals surface area contributed by atoms with Gasteiger partial charge in [0.25, 0.3) is 0 Å². The Labute approximate surface area is 228 Å². The monoisotopic (exact) mass is 530 g/mol. The summed E-state index contributed by atoms with van der Waals surface area (Å²) < 4.78 is 82.2. The van der Waals surface area contributed by atoms with Crippen LogP contribution in [0.3, 0.4) is 0 Å². The van der Waals surface area contributed by atoms with Crippen molar-refractivity contribution in [2.45, 2.75) is 51.0 Å². The van der Waals surface area contributed by atoms with Crippen molar-refractivity contribution in [1.29, 1.82) is 0 Å². The highest BCUT2D eigenvalue weighted by Gasteiger charge is 2.22. The van der Waals surface area contributed by atoms with E-state index in [1.54, 1.807) is 51.2 Å². The summed E-state index contributed by atoms with van der Waals surface area (Å²) in [5, 5.41) is 6.21. The summed E-state index contributed by atoms with van der Waals surface area (Å²) in [6.45, 7) is 0.242. The van der Waals surface area contributed by atoms with Crippen molar-refractivity contribution in [3.63, 3.8) is 0 Å². The molecule has 0 aliphatic carbocycles. The molecule has 0 saturated carbocycles. The standard InChI is InChI=1S/C27H36N6O3S/c1-20-19-28-26(30-21-10-12-23(13-11-21)36-17-16-33-14-5-6-15-33)31-25(20)29-22-8-7-9-24(18-22)37(34,35)32-27(2,3)4/h7-13,18-19,32H,5-6,14-17H2,1-4H3,(H2,28,29,30,31)/i14D2,15D2,17D2. The fourth-order valence-electron chi connectivity index (χ4n) is 3.43. The smallest absolute Gasteiger partial charge is 0.241 e. The Morgan fingerprint density at radius 2 is 1.81 bits per heavy atom.